The number of nitrogens with zero attached hydrogens (tertiary/aromatic N) is 1. The number of thioether (sulfide) groups is 1. The van der Waals surface area contributed by atoms with E-state index >= 15 is 0 Å². The summed E-state index contributed by atoms with van der Waals surface area (Å²) in [6, 6.07) is 11.8. The van der Waals surface area contributed by atoms with Gasteiger partial charge in [-0.3, -0.25) is 14.5 Å². The van der Waals surface area contributed by atoms with Crippen molar-refractivity contribution in [3.05, 3.63) is 63.9 Å². The van der Waals surface area contributed by atoms with Crippen molar-refractivity contribution in [1.82, 2.24) is 4.90 Å². The normalized spacial score (nSPS) is 17.0. The van der Waals surface area contributed by atoms with Gasteiger partial charge in [-0.1, -0.05) is 30.0 Å². The summed E-state index contributed by atoms with van der Waals surface area (Å²) in [6.07, 6.45) is 0.489. The summed E-state index contributed by atoms with van der Waals surface area (Å²) in [4.78, 5) is 25.3. The zero-order valence-corrected chi connectivity index (χ0v) is 16.5. The number of hydrogen-bond acceptors (Lipinski definition) is 4. The molecule has 1 fully saturated rings. The first-order chi connectivity index (χ1) is 12.5. The van der Waals surface area contributed by atoms with Gasteiger partial charge in [-0.15, -0.1) is 0 Å². The molecule has 1 heterocycles. The van der Waals surface area contributed by atoms with Crippen molar-refractivity contribution in [3.63, 3.8) is 0 Å². The maximum atomic E-state index is 12.9. The van der Waals surface area contributed by atoms with Gasteiger partial charge in [0.15, 0.2) is 0 Å². The highest BCUT2D eigenvalue weighted by Crippen LogP contribution is 2.32. The predicted octanol–water partition coefficient (Wildman–Crippen LogP) is 4.79. The summed E-state index contributed by atoms with van der Waals surface area (Å²) >= 11 is 4.56. The first-order valence-corrected chi connectivity index (χ1v) is 9.83. The minimum absolute atomic E-state index is 0.129. The van der Waals surface area contributed by atoms with Crippen LogP contribution in [0.25, 0.3) is 0 Å². The Morgan fingerprint density at radius 1 is 1.15 bits per heavy atom. The number of benzene rings is 2. The van der Waals surface area contributed by atoms with Crippen LogP contribution in [0.3, 0.4) is 0 Å². The van der Waals surface area contributed by atoms with Crippen molar-refractivity contribution in [2.45, 2.75) is 25.2 Å². The molecule has 1 atom stereocenters. The minimum atomic E-state index is -0.375. The number of amides is 2. The molecule has 2 amide bonds. The molecule has 0 aromatic heterocycles. The largest absolute Gasteiger partial charge is 0.488 e. The average Bonchev–Trinajstić information content (AvgIpc) is 2.88. The molecule has 0 unspecified atom stereocenters. The van der Waals surface area contributed by atoms with Crippen LogP contribution in [0.15, 0.2) is 46.9 Å². The molecule has 0 bridgehead atoms. The highest BCUT2D eigenvalue weighted by atomic mass is 79.9. The highest BCUT2D eigenvalue weighted by Gasteiger charge is 2.38. The lowest BCUT2D eigenvalue weighted by molar-refractivity contribution is -0.126. The van der Waals surface area contributed by atoms with Gasteiger partial charge in [0, 0.05) is 6.54 Å². The summed E-state index contributed by atoms with van der Waals surface area (Å²) in [5, 5.41) is -0.554. The topological polar surface area (TPSA) is 46.6 Å². The lowest BCUT2D eigenvalue weighted by Crippen LogP contribution is -2.31. The second-order valence-corrected chi connectivity index (χ2v) is 7.85. The van der Waals surface area contributed by atoms with Gasteiger partial charge in [0.2, 0.25) is 5.91 Å². The van der Waals surface area contributed by atoms with Crippen LogP contribution in [0.4, 0.5) is 9.18 Å². The molecule has 26 heavy (non-hydrogen) atoms. The van der Waals surface area contributed by atoms with Crippen LogP contribution in [0, 0.1) is 5.82 Å². The van der Waals surface area contributed by atoms with Gasteiger partial charge in [0.25, 0.3) is 5.24 Å². The molecule has 2 aromatic rings. The van der Waals surface area contributed by atoms with Crippen LogP contribution in [0.2, 0.25) is 0 Å². The van der Waals surface area contributed by atoms with E-state index in [-0.39, 0.29) is 22.2 Å². The fourth-order valence-electron chi connectivity index (χ4n) is 2.66. The molecule has 1 saturated heterocycles. The SMILES string of the molecule is CCN1C(=O)S[C@@H](Cc2ccc(OCc3ccc(F)cc3)c(Br)c2)C1=O. The van der Waals surface area contributed by atoms with E-state index in [0.29, 0.717) is 25.3 Å². The number of rotatable bonds is 6. The molecule has 136 valence electrons. The molecule has 1 aliphatic rings. The van der Waals surface area contributed by atoms with E-state index in [1.807, 2.05) is 18.2 Å². The second-order valence-electron chi connectivity index (χ2n) is 5.84. The number of hydrogen-bond donors (Lipinski definition) is 0. The summed E-state index contributed by atoms with van der Waals surface area (Å²) in [5.41, 5.74) is 1.82. The number of ether oxygens (including phenoxy) is 1. The molecular weight excluding hydrogens is 421 g/mol. The van der Waals surface area contributed by atoms with E-state index in [9.17, 15) is 14.0 Å². The Balaban J connectivity index is 1.63. The molecule has 0 radical (unpaired) electrons. The third kappa shape index (κ3) is 4.27. The third-order valence-corrected chi connectivity index (χ3v) is 5.74. The van der Waals surface area contributed by atoms with Crippen LogP contribution < -0.4 is 4.74 Å². The monoisotopic (exact) mass is 437 g/mol. The number of carbonyl (C=O) groups excluding carboxylic acids is 2. The van der Waals surface area contributed by atoms with E-state index in [4.69, 9.17) is 4.74 Å². The molecule has 4 nitrogen and oxygen atoms in total. The number of carbonyl (C=O) groups is 2. The Bertz CT molecular complexity index is 828. The zero-order valence-electron chi connectivity index (χ0n) is 14.1. The Hall–Kier alpha value is -1.86. The average molecular weight is 438 g/mol. The highest BCUT2D eigenvalue weighted by molar-refractivity contribution is 9.10. The van der Waals surface area contributed by atoms with Gasteiger partial charge >= 0.3 is 0 Å². The summed E-state index contributed by atoms with van der Waals surface area (Å²) < 4.78 is 19.5. The van der Waals surface area contributed by atoms with Gasteiger partial charge in [0.05, 0.1) is 9.72 Å². The Kier molecular flexibility index (Phi) is 5.98. The van der Waals surface area contributed by atoms with E-state index in [2.05, 4.69) is 15.9 Å². The number of imide groups is 1. The fourth-order valence-corrected chi connectivity index (χ4v) is 4.29. The molecule has 0 aliphatic carbocycles. The minimum Gasteiger partial charge on any atom is -0.488 e. The van der Waals surface area contributed by atoms with Gasteiger partial charge in [-0.2, -0.15) is 0 Å². The van der Waals surface area contributed by atoms with Crippen molar-refractivity contribution in [1.29, 1.82) is 0 Å². The molecule has 0 N–H and O–H groups in total. The van der Waals surface area contributed by atoms with Crippen LogP contribution in [0.5, 0.6) is 5.75 Å². The van der Waals surface area contributed by atoms with Crippen molar-refractivity contribution in [2.24, 2.45) is 0 Å². The summed E-state index contributed by atoms with van der Waals surface area (Å²) in [6.45, 7) is 2.53. The smallest absolute Gasteiger partial charge is 0.289 e. The lowest BCUT2D eigenvalue weighted by atomic mass is 10.1. The van der Waals surface area contributed by atoms with Crippen molar-refractivity contribution in [2.75, 3.05) is 6.54 Å². The van der Waals surface area contributed by atoms with Gasteiger partial charge < -0.3 is 4.74 Å². The zero-order chi connectivity index (χ0) is 18.7. The quantitative estimate of drug-likeness (QED) is 0.651. The first-order valence-electron chi connectivity index (χ1n) is 8.15. The van der Waals surface area contributed by atoms with Gasteiger partial charge in [0.1, 0.15) is 18.2 Å². The van der Waals surface area contributed by atoms with E-state index in [0.717, 1.165) is 27.4 Å². The third-order valence-electron chi connectivity index (χ3n) is 4.05. The molecule has 0 spiro atoms. The van der Waals surface area contributed by atoms with Crippen LogP contribution in [-0.4, -0.2) is 27.8 Å². The van der Waals surface area contributed by atoms with E-state index in [1.165, 1.54) is 17.0 Å². The van der Waals surface area contributed by atoms with E-state index in [1.54, 1.807) is 19.1 Å². The van der Waals surface area contributed by atoms with E-state index < -0.39 is 0 Å². The lowest BCUT2D eigenvalue weighted by Gasteiger charge is -2.12. The Morgan fingerprint density at radius 2 is 1.85 bits per heavy atom. The fraction of sp³-hybridized carbons (Fsp3) is 0.263. The van der Waals surface area contributed by atoms with Crippen molar-refractivity contribution in [3.8, 4) is 5.75 Å². The standard InChI is InChI=1S/C19H17BrFNO3S/c1-2-22-18(23)17(26-19(22)24)10-13-5-8-16(15(20)9-13)25-11-12-3-6-14(21)7-4-12/h3-9,17H,2,10-11H2,1H3/t17-/m0/s1. The van der Waals surface area contributed by atoms with Crippen LogP contribution in [-0.2, 0) is 17.8 Å². The Morgan fingerprint density at radius 3 is 2.46 bits per heavy atom. The van der Waals surface area contributed by atoms with Gasteiger partial charge in [-0.05, 0) is 64.7 Å². The van der Waals surface area contributed by atoms with Crippen molar-refractivity contribution >= 4 is 38.8 Å². The number of halogens is 2. The molecule has 2 aromatic carbocycles. The first kappa shape index (κ1) is 18.9. The molecule has 7 heteroatoms. The maximum Gasteiger partial charge on any atom is 0.289 e. The molecule has 0 saturated carbocycles. The molecule has 3 rings (SSSR count). The van der Waals surface area contributed by atoms with Crippen LogP contribution >= 0.6 is 27.7 Å². The summed E-state index contributed by atoms with van der Waals surface area (Å²) in [5.74, 6) is 0.253. The maximum absolute atomic E-state index is 12.9. The van der Waals surface area contributed by atoms with Crippen molar-refractivity contribution < 1.29 is 18.7 Å². The second kappa shape index (κ2) is 8.22. The molecular formula is C19H17BrFNO3S. The van der Waals surface area contributed by atoms with Gasteiger partial charge in [-0.25, -0.2) is 4.39 Å². The van der Waals surface area contributed by atoms with Crippen LogP contribution in [0.1, 0.15) is 18.1 Å². The predicted molar refractivity (Wildman–Crippen MR) is 103 cm³/mol. The summed E-state index contributed by atoms with van der Waals surface area (Å²) in [7, 11) is 0. The molecule has 1 aliphatic heterocycles. The Labute approximate surface area is 163 Å².